The van der Waals surface area contributed by atoms with E-state index in [1.165, 1.54) is 6.20 Å². The second-order valence-corrected chi connectivity index (χ2v) is 4.66. The van der Waals surface area contributed by atoms with E-state index < -0.39 is 6.04 Å². The molecule has 0 aliphatic carbocycles. The molecule has 0 fully saturated rings. The van der Waals surface area contributed by atoms with Crippen LogP contribution >= 0.6 is 23.2 Å². The number of esters is 1. The molecule has 0 amide bonds. The maximum Gasteiger partial charge on any atom is 0.328 e. The Hall–Kier alpha value is -1.33. The number of ether oxygens (including phenoxy) is 1. The van der Waals surface area contributed by atoms with Crippen molar-refractivity contribution in [3.63, 3.8) is 0 Å². The highest BCUT2D eigenvalue weighted by Crippen LogP contribution is 2.23. The Labute approximate surface area is 120 Å². The molecule has 0 radical (unpaired) electrons. The number of carbonyl (C=O) groups is 1. The third-order valence-electron chi connectivity index (χ3n) is 2.70. The molecule has 2 aromatic rings. The van der Waals surface area contributed by atoms with Gasteiger partial charge in [0.2, 0.25) is 0 Å². The van der Waals surface area contributed by atoms with Crippen molar-refractivity contribution in [1.29, 1.82) is 0 Å². The largest absolute Gasteiger partial charge is 0.464 e. The molecule has 2 rings (SSSR count). The van der Waals surface area contributed by atoms with E-state index >= 15 is 0 Å². The summed E-state index contributed by atoms with van der Waals surface area (Å²) in [5.41, 5.74) is 1.18. The highest BCUT2D eigenvalue weighted by atomic mass is 35.5. The van der Waals surface area contributed by atoms with Crippen LogP contribution in [-0.4, -0.2) is 27.1 Å². The van der Waals surface area contributed by atoms with E-state index in [0.29, 0.717) is 28.6 Å². The van der Waals surface area contributed by atoms with Gasteiger partial charge in [-0.05, 0) is 19.9 Å². The van der Waals surface area contributed by atoms with Gasteiger partial charge < -0.3 is 4.74 Å². The van der Waals surface area contributed by atoms with E-state index in [9.17, 15) is 4.79 Å². The Bertz CT molecular complexity index is 612. The van der Waals surface area contributed by atoms with Crippen molar-refractivity contribution >= 4 is 40.3 Å². The highest BCUT2D eigenvalue weighted by Gasteiger charge is 2.23. The van der Waals surface area contributed by atoms with Crippen LogP contribution in [0.15, 0.2) is 12.3 Å². The average Bonchev–Trinajstić information content (AvgIpc) is 2.75. The van der Waals surface area contributed by atoms with Gasteiger partial charge in [0.15, 0.2) is 5.65 Å². The fourth-order valence-electron chi connectivity index (χ4n) is 1.87. The molecule has 19 heavy (non-hydrogen) atoms. The molecule has 0 aliphatic heterocycles. The zero-order chi connectivity index (χ0) is 14.0. The fourth-order valence-corrected chi connectivity index (χ4v) is 2.21. The summed E-state index contributed by atoms with van der Waals surface area (Å²) in [4.78, 5) is 20.4. The summed E-state index contributed by atoms with van der Waals surface area (Å²) >= 11 is 11.8. The highest BCUT2D eigenvalue weighted by molar-refractivity contribution is 6.31. The zero-order valence-corrected chi connectivity index (χ0v) is 12.1. The van der Waals surface area contributed by atoms with E-state index in [4.69, 9.17) is 27.9 Å². The van der Waals surface area contributed by atoms with Crippen LogP contribution in [0.3, 0.4) is 0 Å². The molecule has 0 aliphatic rings. The number of rotatable bonds is 4. The maximum atomic E-state index is 11.9. The van der Waals surface area contributed by atoms with Crippen molar-refractivity contribution in [2.45, 2.75) is 25.8 Å². The van der Waals surface area contributed by atoms with E-state index in [1.807, 2.05) is 0 Å². The van der Waals surface area contributed by atoms with Gasteiger partial charge in [-0.1, -0.05) is 11.6 Å². The van der Waals surface area contributed by atoms with Gasteiger partial charge in [-0.25, -0.2) is 14.8 Å². The Kier molecular flexibility index (Phi) is 4.27. The molecule has 2 heterocycles. The predicted octanol–water partition coefficient (Wildman–Crippen LogP) is 2.95. The van der Waals surface area contributed by atoms with Crippen molar-refractivity contribution in [1.82, 2.24) is 14.5 Å². The van der Waals surface area contributed by atoms with Gasteiger partial charge in [0.1, 0.15) is 17.4 Å². The van der Waals surface area contributed by atoms with E-state index in [0.717, 1.165) is 0 Å². The van der Waals surface area contributed by atoms with Crippen molar-refractivity contribution in [3.05, 3.63) is 23.1 Å². The van der Waals surface area contributed by atoms with Gasteiger partial charge in [-0.3, -0.25) is 4.57 Å². The van der Waals surface area contributed by atoms with Crippen molar-refractivity contribution in [2.75, 3.05) is 6.61 Å². The van der Waals surface area contributed by atoms with Gasteiger partial charge in [0.25, 0.3) is 0 Å². The molecular formula is C12H13Cl2N3O2. The van der Waals surface area contributed by atoms with Crippen LogP contribution < -0.4 is 0 Å². The van der Waals surface area contributed by atoms with Gasteiger partial charge in [0, 0.05) is 6.20 Å². The van der Waals surface area contributed by atoms with Gasteiger partial charge in [-0.15, -0.1) is 11.6 Å². The number of imidazole rings is 1. The third kappa shape index (κ3) is 2.67. The van der Waals surface area contributed by atoms with Gasteiger partial charge in [0.05, 0.1) is 17.5 Å². The second-order valence-electron chi connectivity index (χ2n) is 3.96. The van der Waals surface area contributed by atoms with Crippen LogP contribution in [0.4, 0.5) is 0 Å². The first kappa shape index (κ1) is 14.1. The normalized spacial score (nSPS) is 12.6. The number of pyridine rings is 1. The Morgan fingerprint density at radius 1 is 1.58 bits per heavy atom. The van der Waals surface area contributed by atoms with Crippen molar-refractivity contribution < 1.29 is 9.53 Å². The van der Waals surface area contributed by atoms with Crippen molar-refractivity contribution in [2.24, 2.45) is 0 Å². The third-order valence-corrected chi connectivity index (χ3v) is 3.15. The minimum absolute atomic E-state index is 0.178. The Morgan fingerprint density at radius 2 is 2.32 bits per heavy atom. The maximum absolute atomic E-state index is 11.9. The van der Waals surface area contributed by atoms with Crippen LogP contribution in [-0.2, 0) is 15.4 Å². The number of fused-ring (bicyclic) bond motifs is 1. The number of halogens is 2. The first-order chi connectivity index (χ1) is 9.08. The monoisotopic (exact) mass is 301 g/mol. The predicted molar refractivity (Wildman–Crippen MR) is 73.4 cm³/mol. The molecule has 7 heteroatoms. The lowest BCUT2D eigenvalue weighted by atomic mass is 10.3. The molecule has 2 aromatic heterocycles. The molecule has 0 spiro atoms. The number of hydrogen-bond acceptors (Lipinski definition) is 4. The molecule has 1 unspecified atom stereocenters. The molecule has 0 saturated carbocycles. The SMILES string of the molecule is CCOC(=O)C(C)n1c(CCl)nc2cc(Cl)cnc21. The Morgan fingerprint density at radius 3 is 2.95 bits per heavy atom. The molecule has 0 aromatic carbocycles. The number of nitrogens with zero attached hydrogens (tertiary/aromatic N) is 3. The summed E-state index contributed by atoms with van der Waals surface area (Å²) in [6.45, 7) is 3.81. The lowest BCUT2D eigenvalue weighted by Gasteiger charge is -2.14. The minimum Gasteiger partial charge on any atom is -0.464 e. The lowest BCUT2D eigenvalue weighted by Crippen LogP contribution is -2.21. The quantitative estimate of drug-likeness (QED) is 0.643. The standard InChI is InChI=1S/C12H13Cl2N3O2/c1-3-19-12(18)7(2)17-10(5-13)16-9-4-8(14)6-15-11(9)17/h4,6-7H,3,5H2,1-2H3. The summed E-state index contributed by atoms with van der Waals surface area (Å²) in [5.74, 6) is 0.398. The molecule has 102 valence electrons. The Balaban J connectivity index is 2.54. The van der Waals surface area contributed by atoms with E-state index in [2.05, 4.69) is 9.97 Å². The second kappa shape index (κ2) is 5.75. The summed E-state index contributed by atoms with van der Waals surface area (Å²) < 4.78 is 6.69. The first-order valence-corrected chi connectivity index (χ1v) is 6.74. The van der Waals surface area contributed by atoms with Crippen molar-refractivity contribution in [3.8, 4) is 0 Å². The molecule has 0 bridgehead atoms. The number of alkyl halides is 1. The lowest BCUT2D eigenvalue weighted by molar-refractivity contribution is -0.146. The summed E-state index contributed by atoms with van der Waals surface area (Å²) in [6, 6.07) is 1.15. The van der Waals surface area contributed by atoms with Crippen LogP contribution in [0.2, 0.25) is 5.02 Å². The molecule has 1 atom stereocenters. The van der Waals surface area contributed by atoms with Crippen LogP contribution in [0.25, 0.3) is 11.2 Å². The van der Waals surface area contributed by atoms with Crippen LogP contribution in [0.1, 0.15) is 25.7 Å². The molecular weight excluding hydrogens is 289 g/mol. The zero-order valence-electron chi connectivity index (χ0n) is 10.6. The summed E-state index contributed by atoms with van der Waals surface area (Å²) in [6.07, 6.45) is 1.51. The molecule has 0 saturated heterocycles. The van der Waals surface area contributed by atoms with Crippen LogP contribution in [0, 0.1) is 0 Å². The molecule has 5 nitrogen and oxygen atoms in total. The first-order valence-electron chi connectivity index (χ1n) is 5.83. The fraction of sp³-hybridized carbons (Fsp3) is 0.417. The van der Waals surface area contributed by atoms with E-state index in [1.54, 1.807) is 24.5 Å². The minimum atomic E-state index is -0.535. The summed E-state index contributed by atoms with van der Waals surface area (Å²) in [7, 11) is 0. The average molecular weight is 302 g/mol. The van der Waals surface area contributed by atoms with Gasteiger partial charge >= 0.3 is 5.97 Å². The van der Waals surface area contributed by atoms with E-state index in [-0.39, 0.29) is 11.8 Å². The molecule has 0 N–H and O–H groups in total. The number of carbonyl (C=O) groups excluding carboxylic acids is 1. The topological polar surface area (TPSA) is 57.0 Å². The number of aromatic nitrogens is 3. The van der Waals surface area contributed by atoms with Crippen LogP contribution in [0.5, 0.6) is 0 Å². The van der Waals surface area contributed by atoms with Gasteiger partial charge in [-0.2, -0.15) is 0 Å². The summed E-state index contributed by atoms with van der Waals surface area (Å²) in [5, 5.41) is 0.488. The smallest absolute Gasteiger partial charge is 0.328 e. The number of hydrogen-bond donors (Lipinski definition) is 0.